The number of rotatable bonds is 5. The Hall–Kier alpha value is -1.75. The van der Waals surface area contributed by atoms with E-state index in [2.05, 4.69) is 15.9 Å². The van der Waals surface area contributed by atoms with Crippen LogP contribution in [-0.2, 0) is 6.42 Å². The zero-order chi connectivity index (χ0) is 15.4. The first kappa shape index (κ1) is 15.6. The summed E-state index contributed by atoms with van der Waals surface area (Å²) in [4.78, 5) is 12.2. The van der Waals surface area contributed by atoms with E-state index in [4.69, 9.17) is 4.74 Å². The minimum absolute atomic E-state index is 0.00375. The number of benzene rings is 2. The number of hydrogen-bond acceptors (Lipinski definition) is 2. The van der Waals surface area contributed by atoms with E-state index in [0.29, 0.717) is 28.0 Å². The Morgan fingerprint density at radius 1 is 1.14 bits per heavy atom. The summed E-state index contributed by atoms with van der Waals surface area (Å²) in [7, 11) is 0. The van der Waals surface area contributed by atoms with Crippen LogP contribution < -0.4 is 4.74 Å². The smallest absolute Gasteiger partial charge is 0.168 e. The van der Waals surface area contributed by atoms with Crippen LogP contribution in [0.25, 0.3) is 0 Å². The molecular formula is C16H13BrF2O2. The summed E-state index contributed by atoms with van der Waals surface area (Å²) < 4.78 is 31.9. The molecule has 21 heavy (non-hydrogen) atoms. The van der Waals surface area contributed by atoms with Gasteiger partial charge >= 0.3 is 0 Å². The number of halogens is 3. The topological polar surface area (TPSA) is 26.3 Å². The highest BCUT2D eigenvalue weighted by Crippen LogP contribution is 2.24. The highest BCUT2D eigenvalue weighted by atomic mass is 79.9. The molecule has 2 aromatic carbocycles. The van der Waals surface area contributed by atoms with Crippen molar-refractivity contribution in [1.29, 1.82) is 0 Å². The molecule has 0 atom stereocenters. The second-order valence-corrected chi connectivity index (χ2v) is 5.28. The summed E-state index contributed by atoms with van der Waals surface area (Å²) in [5.41, 5.74) is 0.905. The SMILES string of the molecule is CCOc1ccc(C(=O)Cc2ccc(F)c(F)c2)c(Br)c1. The Morgan fingerprint density at radius 3 is 2.52 bits per heavy atom. The van der Waals surface area contributed by atoms with Crippen molar-refractivity contribution in [3.8, 4) is 5.75 Å². The van der Waals surface area contributed by atoms with Crippen molar-refractivity contribution in [2.24, 2.45) is 0 Å². The van der Waals surface area contributed by atoms with Crippen molar-refractivity contribution in [3.63, 3.8) is 0 Å². The minimum atomic E-state index is -0.953. The molecule has 0 bridgehead atoms. The molecule has 0 fully saturated rings. The first-order chi connectivity index (χ1) is 10.0. The molecule has 0 saturated heterocycles. The predicted octanol–water partition coefficient (Wildman–Crippen LogP) is 4.55. The zero-order valence-electron chi connectivity index (χ0n) is 11.3. The van der Waals surface area contributed by atoms with E-state index in [0.717, 1.165) is 12.1 Å². The number of carbonyl (C=O) groups excluding carboxylic acids is 1. The van der Waals surface area contributed by atoms with Crippen LogP contribution in [0, 0.1) is 11.6 Å². The lowest BCUT2D eigenvalue weighted by Crippen LogP contribution is -2.05. The average Bonchev–Trinajstić information content (AvgIpc) is 2.43. The van der Waals surface area contributed by atoms with Crippen molar-refractivity contribution < 1.29 is 18.3 Å². The fraction of sp³-hybridized carbons (Fsp3) is 0.188. The third kappa shape index (κ3) is 3.88. The summed E-state index contributed by atoms with van der Waals surface area (Å²) in [6.07, 6.45) is 0.00375. The van der Waals surface area contributed by atoms with Crippen LogP contribution >= 0.6 is 15.9 Å². The molecule has 0 aliphatic rings. The fourth-order valence-corrected chi connectivity index (χ4v) is 2.49. The molecule has 110 valence electrons. The molecule has 0 N–H and O–H groups in total. The van der Waals surface area contributed by atoms with Gasteiger partial charge in [-0.05, 0) is 58.7 Å². The fourth-order valence-electron chi connectivity index (χ4n) is 1.91. The molecule has 0 unspecified atom stereocenters. The standard InChI is InChI=1S/C16H13BrF2O2/c1-2-21-11-4-5-12(13(17)9-11)16(20)8-10-3-6-14(18)15(19)7-10/h3-7,9H,2,8H2,1H3. The first-order valence-corrected chi connectivity index (χ1v) is 7.20. The molecule has 0 aliphatic carbocycles. The lowest BCUT2D eigenvalue weighted by atomic mass is 10.0. The highest BCUT2D eigenvalue weighted by Gasteiger charge is 2.13. The van der Waals surface area contributed by atoms with Crippen LogP contribution in [0.2, 0.25) is 0 Å². The van der Waals surface area contributed by atoms with E-state index >= 15 is 0 Å². The number of carbonyl (C=O) groups is 1. The van der Waals surface area contributed by atoms with Gasteiger partial charge in [-0.3, -0.25) is 4.79 Å². The van der Waals surface area contributed by atoms with Gasteiger partial charge in [-0.25, -0.2) is 8.78 Å². The minimum Gasteiger partial charge on any atom is -0.494 e. The molecular weight excluding hydrogens is 342 g/mol. The van der Waals surface area contributed by atoms with Gasteiger partial charge < -0.3 is 4.74 Å². The molecule has 0 heterocycles. The van der Waals surface area contributed by atoms with Crippen LogP contribution in [0.15, 0.2) is 40.9 Å². The quantitative estimate of drug-likeness (QED) is 0.736. The van der Waals surface area contributed by atoms with Crippen LogP contribution in [0.4, 0.5) is 8.78 Å². The Labute approximate surface area is 129 Å². The van der Waals surface area contributed by atoms with Crippen molar-refractivity contribution in [1.82, 2.24) is 0 Å². The third-order valence-corrected chi connectivity index (χ3v) is 3.56. The van der Waals surface area contributed by atoms with Crippen molar-refractivity contribution in [3.05, 3.63) is 63.6 Å². The molecule has 5 heteroatoms. The van der Waals surface area contributed by atoms with Gasteiger partial charge in [0.25, 0.3) is 0 Å². The molecule has 0 aromatic heterocycles. The normalized spacial score (nSPS) is 10.5. The van der Waals surface area contributed by atoms with E-state index in [-0.39, 0.29) is 12.2 Å². The van der Waals surface area contributed by atoms with Gasteiger partial charge in [0, 0.05) is 16.5 Å². The molecule has 0 radical (unpaired) electrons. The monoisotopic (exact) mass is 354 g/mol. The predicted molar refractivity (Wildman–Crippen MR) is 79.7 cm³/mol. The maximum atomic E-state index is 13.1. The zero-order valence-corrected chi connectivity index (χ0v) is 12.9. The lowest BCUT2D eigenvalue weighted by molar-refractivity contribution is 0.0992. The number of ether oxygens (including phenoxy) is 1. The Balaban J connectivity index is 2.18. The second-order valence-electron chi connectivity index (χ2n) is 4.42. The Bertz CT molecular complexity index is 671. The molecule has 0 aliphatic heterocycles. The van der Waals surface area contributed by atoms with Gasteiger partial charge in [0.1, 0.15) is 5.75 Å². The summed E-state index contributed by atoms with van der Waals surface area (Å²) in [6, 6.07) is 8.52. The van der Waals surface area contributed by atoms with Crippen molar-refractivity contribution in [2.75, 3.05) is 6.61 Å². The molecule has 0 spiro atoms. The van der Waals surface area contributed by atoms with Crippen LogP contribution in [0.1, 0.15) is 22.8 Å². The van der Waals surface area contributed by atoms with E-state index < -0.39 is 11.6 Å². The van der Waals surface area contributed by atoms with Gasteiger partial charge in [0.15, 0.2) is 17.4 Å². The number of hydrogen-bond donors (Lipinski definition) is 0. The maximum absolute atomic E-state index is 13.1. The van der Waals surface area contributed by atoms with Gasteiger partial charge in [0.05, 0.1) is 6.61 Å². The average molecular weight is 355 g/mol. The molecule has 2 rings (SSSR count). The molecule has 2 aromatic rings. The number of ketones is 1. The molecule has 0 amide bonds. The third-order valence-electron chi connectivity index (χ3n) is 2.90. The summed E-state index contributed by atoms with van der Waals surface area (Å²) in [6.45, 7) is 2.41. The Kier molecular flexibility index (Phi) is 5.07. The van der Waals surface area contributed by atoms with Gasteiger partial charge in [-0.2, -0.15) is 0 Å². The van der Waals surface area contributed by atoms with Gasteiger partial charge in [-0.15, -0.1) is 0 Å². The van der Waals surface area contributed by atoms with E-state index in [1.165, 1.54) is 6.07 Å². The van der Waals surface area contributed by atoms with Crippen molar-refractivity contribution in [2.45, 2.75) is 13.3 Å². The van der Waals surface area contributed by atoms with E-state index in [1.807, 2.05) is 6.92 Å². The van der Waals surface area contributed by atoms with E-state index in [1.54, 1.807) is 18.2 Å². The lowest BCUT2D eigenvalue weighted by Gasteiger charge is -2.08. The first-order valence-electron chi connectivity index (χ1n) is 6.40. The largest absolute Gasteiger partial charge is 0.494 e. The van der Waals surface area contributed by atoms with Crippen LogP contribution in [-0.4, -0.2) is 12.4 Å². The summed E-state index contributed by atoms with van der Waals surface area (Å²) in [5, 5.41) is 0. The van der Waals surface area contributed by atoms with Crippen LogP contribution in [0.5, 0.6) is 5.75 Å². The Morgan fingerprint density at radius 2 is 1.90 bits per heavy atom. The maximum Gasteiger partial charge on any atom is 0.168 e. The van der Waals surface area contributed by atoms with Crippen molar-refractivity contribution >= 4 is 21.7 Å². The summed E-state index contributed by atoms with van der Waals surface area (Å²) >= 11 is 3.32. The van der Waals surface area contributed by atoms with Crippen LogP contribution in [0.3, 0.4) is 0 Å². The number of Topliss-reactive ketones (excluding diaryl/α,β-unsaturated/α-hetero) is 1. The molecule has 0 saturated carbocycles. The highest BCUT2D eigenvalue weighted by molar-refractivity contribution is 9.10. The second kappa shape index (κ2) is 6.80. The molecule has 2 nitrogen and oxygen atoms in total. The van der Waals surface area contributed by atoms with E-state index in [9.17, 15) is 13.6 Å². The summed E-state index contributed by atoms with van der Waals surface area (Å²) in [5.74, 6) is -1.40. The van der Waals surface area contributed by atoms with Gasteiger partial charge in [-0.1, -0.05) is 6.07 Å². The van der Waals surface area contributed by atoms with Gasteiger partial charge in [0.2, 0.25) is 0 Å².